The normalized spacial score (nSPS) is 17.2. The Morgan fingerprint density at radius 2 is 1.93 bits per heavy atom. The van der Waals surface area contributed by atoms with Crippen LogP contribution in [-0.2, 0) is 24.9 Å². The number of benzene rings is 1. The van der Waals surface area contributed by atoms with Crippen molar-refractivity contribution in [3.63, 3.8) is 0 Å². The van der Waals surface area contributed by atoms with E-state index in [9.17, 15) is 9.59 Å². The molecule has 0 radical (unpaired) electrons. The molecular formula is C21H28N6O2. The monoisotopic (exact) mass is 396 g/mol. The van der Waals surface area contributed by atoms with Crippen LogP contribution in [0.25, 0.3) is 11.0 Å². The van der Waals surface area contributed by atoms with E-state index in [0.717, 1.165) is 29.8 Å². The van der Waals surface area contributed by atoms with Crippen molar-refractivity contribution < 1.29 is 4.79 Å². The molecule has 1 aliphatic heterocycles. The summed E-state index contributed by atoms with van der Waals surface area (Å²) in [4.78, 5) is 32.4. The summed E-state index contributed by atoms with van der Waals surface area (Å²) in [6, 6.07) is 7.72. The third-order valence-electron chi connectivity index (χ3n) is 5.64. The number of carbonyl (C=O) groups is 1. The van der Waals surface area contributed by atoms with Gasteiger partial charge in [-0.1, -0.05) is 19.1 Å². The minimum absolute atomic E-state index is 0.0400. The third kappa shape index (κ3) is 3.60. The van der Waals surface area contributed by atoms with E-state index in [-0.39, 0.29) is 17.6 Å². The van der Waals surface area contributed by atoms with Crippen molar-refractivity contribution in [1.29, 1.82) is 0 Å². The summed E-state index contributed by atoms with van der Waals surface area (Å²) >= 11 is 0. The summed E-state index contributed by atoms with van der Waals surface area (Å²) in [6.07, 6.45) is 4.84. The quantitative estimate of drug-likeness (QED) is 0.685. The summed E-state index contributed by atoms with van der Waals surface area (Å²) in [5, 5.41) is 3.35. The van der Waals surface area contributed by atoms with Crippen LogP contribution in [0.15, 0.2) is 41.5 Å². The fourth-order valence-corrected chi connectivity index (χ4v) is 4.21. The van der Waals surface area contributed by atoms with Crippen molar-refractivity contribution in [3.05, 3.63) is 53.0 Å². The van der Waals surface area contributed by atoms with Gasteiger partial charge in [0.2, 0.25) is 5.91 Å². The number of nitrogens with one attached hydrogen (secondary N) is 1. The van der Waals surface area contributed by atoms with Crippen LogP contribution >= 0.6 is 0 Å². The second-order valence-electron chi connectivity index (χ2n) is 7.53. The van der Waals surface area contributed by atoms with Gasteiger partial charge >= 0.3 is 5.69 Å². The fourth-order valence-electron chi connectivity index (χ4n) is 4.21. The largest absolute Gasteiger partial charge is 0.336 e. The number of para-hydroxylation sites is 2. The maximum Gasteiger partial charge on any atom is 0.329 e. The molecule has 154 valence electrons. The maximum atomic E-state index is 13.1. The molecule has 1 N–H and O–H groups in total. The van der Waals surface area contributed by atoms with Gasteiger partial charge in [0.15, 0.2) is 0 Å². The van der Waals surface area contributed by atoms with Crippen LogP contribution in [0, 0.1) is 0 Å². The molecule has 1 aliphatic rings. The summed E-state index contributed by atoms with van der Waals surface area (Å²) in [6.45, 7) is 5.22. The molecule has 1 unspecified atom stereocenters. The Hall–Kier alpha value is -2.87. The molecule has 1 fully saturated rings. The lowest BCUT2D eigenvalue weighted by Crippen LogP contribution is -2.49. The lowest BCUT2D eigenvalue weighted by atomic mass is 10.1. The molecule has 1 amide bonds. The van der Waals surface area contributed by atoms with Gasteiger partial charge in [0.1, 0.15) is 11.9 Å². The summed E-state index contributed by atoms with van der Waals surface area (Å²) in [7, 11) is 1.95. The second kappa shape index (κ2) is 8.24. The standard InChI is InChI=1S/C21H28N6O2/c1-3-11-26-16-6-4-5-7-17(16)27(21(26)29)12-8-19(28)25-14-9-22-15-18(25)20-23-10-13-24(20)2/h4-7,10,13,18,22H,3,8-9,11-12,14-15H2,1-2H3. The number of piperazine rings is 1. The van der Waals surface area contributed by atoms with Gasteiger partial charge in [-0.2, -0.15) is 0 Å². The molecule has 8 heteroatoms. The number of carbonyl (C=O) groups excluding carboxylic acids is 1. The number of nitrogens with zero attached hydrogens (tertiary/aromatic N) is 5. The number of amides is 1. The number of hydrogen-bond acceptors (Lipinski definition) is 4. The summed E-state index contributed by atoms with van der Waals surface area (Å²) in [5.74, 6) is 0.931. The van der Waals surface area contributed by atoms with Crippen molar-refractivity contribution in [2.75, 3.05) is 19.6 Å². The van der Waals surface area contributed by atoms with Crippen LogP contribution in [0.3, 0.4) is 0 Å². The van der Waals surface area contributed by atoms with Crippen LogP contribution in [0.1, 0.15) is 31.6 Å². The molecule has 2 aromatic heterocycles. The zero-order valence-corrected chi connectivity index (χ0v) is 17.0. The van der Waals surface area contributed by atoms with Gasteiger partial charge in [-0.15, -0.1) is 0 Å². The van der Waals surface area contributed by atoms with E-state index in [1.165, 1.54) is 0 Å². The van der Waals surface area contributed by atoms with E-state index >= 15 is 0 Å². The SMILES string of the molecule is CCCn1c(=O)n(CCC(=O)N2CCNCC2c2nccn2C)c2ccccc21. The van der Waals surface area contributed by atoms with Crippen LogP contribution in [0.2, 0.25) is 0 Å². The van der Waals surface area contributed by atoms with Crippen LogP contribution < -0.4 is 11.0 Å². The minimum atomic E-state index is -0.0885. The van der Waals surface area contributed by atoms with Crippen LogP contribution in [0.5, 0.6) is 0 Å². The predicted molar refractivity (Wildman–Crippen MR) is 112 cm³/mol. The first-order valence-corrected chi connectivity index (χ1v) is 10.3. The highest BCUT2D eigenvalue weighted by Gasteiger charge is 2.30. The van der Waals surface area contributed by atoms with Crippen molar-refractivity contribution in [3.8, 4) is 0 Å². The Kier molecular flexibility index (Phi) is 5.53. The summed E-state index contributed by atoms with van der Waals surface area (Å²) < 4.78 is 5.50. The van der Waals surface area contributed by atoms with Gasteiger partial charge in [-0.3, -0.25) is 13.9 Å². The van der Waals surface area contributed by atoms with E-state index in [1.807, 2.05) is 47.0 Å². The van der Waals surface area contributed by atoms with Gasteiger partial charge in [-0.05, 0) is 18.6 Å². The third-order valence-corrected chi connectivity index (χ3v) is 5.64. The Labute approximate surface area is 169 Å². The molecule has 4 rings (SSSR count). The van der Waals surface area contributed by atoms with E-state index in [2.05, 4.69) is 17.2 Å². The zero-order valence-electron chi connectivity index (χ0n) is 17.0. The number of fused-ring (bicyclic) bond motifs is 1. The zero-order chi connectivity index (χ0) is 20.4. The highest BCUT2D eigenvalue weighted by Crippen LogP contribution is 2.22. The molecule has 3 heterocycles. The summed E-state index contributed by atoms with van der Waals surface area (Å²) in [5.41, 5.74) is 1.78. The second-order valence-corrected chi connectivity index (χ2v) is 7.53. The average Bonchev–Trinajstić information content (AvgIpc) is 3.28. The van der Waals surface area contributed by atoms with Crippen LogP contribution in [0.4, 0.5) is 0 Å². The highest BCUT2D eigenvalue weighted by atomic mass is 16.2. The molecular weight excluding hydrogens is 368 g/mol. The smallest absolute Gasteiger partial charge is 0.329 e. The van der Waals surface area contributed by atoms with E-state index < -0.39 is 0 Å². The lowest BCUT2D eigenvalue weighted by Gasteiger charge is -2.35. The van der Waals surface area contributed by atoms with Gasteiger partial charge in [0.25, 0.3) is 0 Å². The van der Waals surface area contributed by atoms with Crippen molar-refractivity contribution in [2.45, 2.75) is 38.9 Å². The molecule has 1 aromatic carbocycles. The molecule has 0 spiro atoms. The van der Waals surface area contributed by atoms with Gasteiger partial charge in [0.05, 0.1) is 11.0 Å². The number of aryl methyl sites for hydroxylation is 3. The fraction of sp³-hybridized carbons (Fsp3) is 0.476. The Balaban J connectivity index is 1.56. The number of imidazole rings is 2. The van der Waals surface area contributed by atoms with E-state index in [0.29, 0.717) is 32.6 Å². The number of rotatable bonds is 6. The van der Waals surface area contributed by atoms with Gasteiger partial charge in [-0.25, -0.2) is 9.78 Å². The number of aromatic nitrogens is 4. The molecule has 3 aromatic rings. The maximum absolute atomic E-state index is 13.1. The molecule has 0 bridgehead atoms. The highest BCUT2D eigenvalue weighted by molar-refractivity contribution is 5.78. The predicted octanol–water partition coefficient (Wildman–Crippen LogP) is 1.51. The minimum Gasteiger partial charge on any atom is -0.336 e. The van der Waals surface area contributed by atoms with E-state index in [4.69, 9.17) is 0 Å². The lowest BCUT2D eigenvalue weighted by molar-refractivity contribution is -0.135. The first-order chi connectivity index (χ1) is 14.1. The van der Waals surface area contributed by atoms with Crippen molar-refractivity contribution in [2.24, 2.45) is 7.05 Å². The number of hydrogen-bond donors (Lipinski definition) is 1. The first-order valence-electron chi connectivity index (χ1n) is 10.3. The van der Waals surface area contributed by atoms with Crippen molar-refractivity contribution >= 4 is 16.9 Å². The molecule has 0 saturated carbocycles. The van der Waals surface area contributed by atoms with Gasteiger partial charge in [0, 0.05) is 58.6 Å². The average molecular weight is 396 g/mol. The Bertz CT molecular complexity index is 1060. The van der Waals surface area contributed by atoms with Crippen LogP contribution in [-0.4, -0.2) is 49.1 Å². The topological polar surface area (TPSA) is 77.1 Å². The van der Waals surface area contributed by atoms with E-state index in [1.54, 1.807) is 15.3 Å². The first kappa shape index (κ1) is 19.4. The molecule has 0 aliphatic carbocycles. The molecule has 29 heavy (non-hydrogen) atoms. The Morgan fingerprint density at radius 1 is 1.21 bits per heavy atom. The van der Waals surface area contributed by atoms with Gasteiger partial charge < -0.3 is 14.8 Å². The van der Waals surface area contributed by atoms with Crippen molar-refractivity contribution in [1.82, 2.24) is 28.9 Å². The molecule has 8 nitrogen and oxygen atoms in total. The molecule has 1 atom stereocenters. The molecule has 1 saturated heterocycles. The Morgan fingerprint density at radius 3 is 2.59 bits per heavy atom.